The molecule has 0 saturated heterocycles. The Morgan fingerprint density at radius 1 is 1.14 bits per heavy atom. The van der Waals surface area contributed by atoms with Crippen LogP contribution in [0.4, 0.5) is 0 Å². The molecule has 1 aromatic carbocycles. The van der Waals surface area contributed by atoms with Gasteiger partial charge in [-0.2, -0.15) is 5.26 Å². The number of nitrogens with zero attached hydrogens (tertiary/aromatic N) is 1. The first-order chi connectivity index (χ1) is 6.54. The fourth-order valence-electron chi connectivity index (χ4n) is 1.49. The summed E-state index contributed by atoms with van der Waals surface area (Å²) in [6.45, 7) is 5.63. The number of ether oxygens (including phenoxy) is 1. The van der Waals surface area contributed by atoms with E-state index in [1.54, 1.807) is 7.11 Å². The molecule has 14 heavy (non-hydrogen) atoms. The summed E-state index contributed by atoms with van der Waals surface area (Å²) in [5.41, 5.74) is 3.30. The number of nitriles is 1. The largest absolute Gasteiger partial charge is 0.495 e. The van der Waals surface area contributed by atoms with Gasteiger partial charge in [0.25, 0.3) is 0 Å². The molecule has 0 saturated carbocycles. The van der Waals surface area contributed by atoms with Crippen molar-refractivity contribution >= 4 is 11.6 Å². The van der Waals surface area contributed by atoms with E-state index in [1.807, 2.05) is 20.8 Å². The maximum absolute atomic E-state index is 8.96. The molecule has 0 atom stereocenters. The van der Waals surface area contributed by atoms with Crippen molar-refractivity contribution in [1.29, 1.82) is 5.26 Å². The fraction of sp³-hybridized carbons (Fsp3) is 0.364. The number of hydrogen-bond acceptors (Lipinski definition) is 2. The number of rotatable bonds is 1. The van der Waals surface area contributed by atoms with Crippen LogP contribution in [0.15, 0.2) is 0 Å². The highest BCUT2D eigenvalue weighted by Crippen LogP contribution is 2.36. The first kappa shape index (κ1) is 10.9. The molecule has 0 bridgehead atoms. The molecule has 0 aliphatic rings. The Labute approximate surface area is 89.1 Å². The second kappa shape index (κ2) is 3.89. The zero-order valence-electron chi connectivity index (χ0n) is 8.73. The predicted octanol–water partition coefficient (Wildman–Crippen LogP) is 3.15. The Bertz CT molecular complexity index is 382. The second-order valence-corrected chi connectivity index (χ2v) is 3.59. The summed E-state index contributed by atoms with van der Waals surface area (Å²) < 4.78 is 5.20. The van der Waals surface area contributed by atoms with Crippen molar-refractivity contribution in [2.75, 3.05) is 7.11 Å². The molecule has 0 aromatic heterocycles. The van der Waals surface area contributed by atoms with Gasteiger partial charge in [-0.25, -0.2) is 0 Å². The van der Waals surface area contributed by atoms with Crippen LogP contribution in [0.5, 0.6) is 5.75 Å². The number of hydrogen-bond donors (Lipinski definition) is 0. The van der Waals surface area contributed by atoms with Gasteiger partial charge in [0.15, 0.2) is 0 Å². The van der Waals surface area contributed by atoms with Gasteiger partial charge in [-0.1, -0.05) is 11.6 Å². The smallest absolute Gasteiger partial charge is 0.140 e. The number of methoxy groups -OCH3 is 1. The van der Waals surface area contributed by atoms with E-state index in [2.05, 4.69) is 6.07 Å². The average molecular weight is 210 g/mol. The van der Waals surface area contributed by atoms with Crippen molar-refractivity contribution in [2.24, 2.45) is 0 Å². The molecule has 1 aromatic rings. The van der Waals surface area contributed by atoms with E-state index in [-0.39, 0.29) is 0 Å². The van der Waals surface area contributed by atoms with E-state index in [1.165, 1.54) is 0 Å². The van der Waals surface area contributed by atoms with Crippen molar-refractivity contribution in [1.82, 2.24) is 0 Å². The third kappa shape index (κ3) is 1.44. The van der Waals surface area contributed by atoms with E-state index in [4.69, 9.17) is 21.6 Å². The number of halogens is 1. The Morgan fingerprint density at radius 2 is 1.71 bits per heavy atom. The van der Waals surface area contributed by atoms with Gasteiger partial charge in [0, 0.05) is 0 Å². The Morgan fingerprint density at radius 3 is 2.14 bits per heavy atom. The highest BCUT2D eigenvalue weighted by molar-refractivity contribution is 6.33. The van der Waals surface area contributed by atoms with Crippen LogP contribution in [0.3, 0.4) is 0 Å². The minimum atomic E-state index is 0.534. The molecule has 2 nitrogen and oxygen atoms in total. The van der Waals surface area contributed by atoms with Gasteiger partial charge in [-0.3, -0.25) is 0 Å². The molecule has 0 unspecified atom stereocenters. The molecule has 3 heteroatoms. The van der Waals surface area contributed by atoms with Crippen LogP contribution in [0, 0.1) is 32.1 Å². The summed E-state index contributed by atoms with van der Waals surface area (Å²) in [7, 11) is 1.58. The van der Waals surface area contributed by atoms with Crippen LogP contribution in [-0.4, -0.2) is 7.11 Å². The van der Waals surface area contributed by atoms with Crippen LogP contribution >= 0.6 is 11.6 Å². The molecule has 0 aliphatic carbocycles. The molecule has 0 spiro atoms. The quantitative estimate of drug-likeness (QED) is 0.712. The molecule has 0 radical (unpaired) electrons. The fourth-order valence-corrected chi connectivity index (χ4v) is 1.81. The zero-order valence-corrected chi connectivity index (χ0v) is 9.49. The molecular weight excluding hydrogens is 198 g/mol. The van der Waals surface area contributed by atoms with E-state index in [9.17, 15) is 0 Å². The molecule has 0 amide bonds. The van der Waals surface area contributed by atoms with Gasteiger partial charge in [0.05, 0.1) is 23.8 Å². The van der Waals surface area contributed by atoms with Crippen molar-refractivity contribution in [3.63, 3.8) is 0 Å². The summed E-state index contributed by atoms with van der Waals surface area (Å²) in [6, 6.07) is 2.16. The number of benzene rings is 1. The molecule has 1 rings (SSSR count). The lowest BCUT2D eigenvalue weighted by Crippen LogP contribution is -1.98. The molecular formula is C11H12ClNO. The standard InChI is InChI=1S/C11H12ClNO/c1-6-7(2)11(14-4)10(12)8(3)9(6)5-13/h1-4H3. The van der Waals surface area contributed by atoms with Crippen LogP contribution in [-0.2, 0) is 0 Å². The summed E-state index contributed by atoms with van der Waals surface area (Å²) in [5, 5.41) is 9.50. The minimum Gasteiger partial charge on any atom is -0.495 e. The van der Waals surface area contributed by atoms with E-state index in [0.29, 0.717) is 16.3 Å². The van der Waals surface area contributed by atoms with Gasteiger partial charge in [0.1, 0.15) is 5.75 Å². The second-order valence-electron chi connectivity index (χ2n) is 3.21. The SMILES string of the molecule is COc1c(C)c(C)c(C#N)c(C)c1Cl. The first-order valence-electron chi connectivity index (χ1n) is 4.27. The maximum Gasteiger partial charge on any atom is 0.140 e. The molecule has 0 heterocycles. The van der Waals surface area contributed by atoms with Crippen molar-refractivity contribution in [3.05, 3.63) is 27.3 Å². The Kier molecular flexibility index (Phi) is 3.03. The van der Waals surface area contributed by atoms with Gasteiger partial charge < -0.3 is 4.74 Å². The molecule has 0 N–H and O–H groups in total. The van der Waals surface area contributed by atoms with Gasteiger partial charge in [0.2, 0.25) is 0 Å². The van der Waals surface area contributed by atoms with Crippen molar-refractivity contribution < 1.29 is 4.74 Å². The normalized spacial score (nSPS) is 9.71. The lowest BCUT2D eigenvalue weighted by atomic mass is 9.98. The van der Waals surface area contributed by atoms with Crippen LogP contribution < -0.4 is 4.74 Å². The van der Waals surface area contributed by atoms with Gasteiger partial charge in [-0.05, 0) is 37.5 Å². The molecule has 0 aliphatic heterocycles. The predicted molar refractivity (Wildman–Crippen MR) is 56.9 cm³/mol. The summed E-state index contributed by atoms with van der Waals surface area (Å²) in [6.07, 6.45) is 0. The van der Waals surface area contributed by atoms with E-state index >= 15 is 0 Å². The lowest BCUT2D eigenvalue weighted by Gasteiger charge is -2.14. The van der Waals surface area contributed by atoms with Crippen LogP contribution in [0.1, 0.15) is 22.3 Å². The Balaban J connectivity index is 3.66. The molecule has 0 fully saturated rings. The third-order valence-electron chi connectivity index (χ3n) is 2.50. The van der Waals surface area contributed by atoms with Crippen molar-refractivity contribution in [2.45, 2.75) is 20.8 Å². The topological polar surface area (TPSA) is 33.0 Å². The van der Waals surface area contributed by atoms with E-state index < -0.39 is 0 Å². The Hall–Kier alpha value is -1.20. The van der Waals surface area contributed by atoms with Gasteiger partial charge in [-0.15, -0.1) is 0 Å². The zero-order chi connectivity index (χ0) is 10.9. The highest BCUT2D eigenvalue weighted by atomic mass is 35.5. The summed E-state index contributed by atoms with van der Waals surface area (Å²) in [5.74, 6) is 0.667. The lowest BCUT2D eigenvalue weighted by molar-refractivity contribution is 0.411. The summed E-state index contributed by atoms with van der Waals surface area (Å²) >= 11 is 6.08. The summed E-state index contributed by atoms with van der Waals surface area (Å²) in [4.78, 5) is 0. The van der Waals surface area contributed by atoms with Gasteiger partial charge >= 0.3 is 0 Å². The average Bonchev–Trinajstić information content (AvgIpc) is 2.17. The third-order valence-corrected chi connectivity index (χ3v) is 2.95. The van der Waals surface area contributed by atoms with E-state index in [0.717, 1.165) is 16.7 Å². The minimum absolute atomic E-state index is 0.534. The monoisotopic (exact) mass is 209 g/mol. The van der Waals surface area contributed by atoms with Crippen molar-refractivity contribution in [3.8, 4) is 11.8 Å². The maximum atomic E-state index is 8.96. The first-order valence-corrected chi connectivity index (χ1v) is 4.65. The molecule has 74 valence electrons. The van der Waals surface area contributed by atoms with Crippen LogP contribution in [0.25, 0.3) is 0 Å². The van der Waals surface area contributed by atoms with Crippen LogP contribution in [0.2, 0.25) is 5.02 Å². The highest BCUT2D eigenvalue weighted by Gasteiger charge is 2.15.